The Hall–Kier alpha value is -2.26. The largest absolute Gasteiger partial charge is 0.383 e. The zero-order valence-electron chi connectivity index (χ0n) is 10.6. The van der Waals surface area contributed by atoms with Gasteiger partial charge < -0.3 is 5.73 Å². The minimum Gasteiger partial charge on any atom is -0.383 e. The zero-order chi connectivity index (χ0) is 13.7. The van der Waals surface area contributed by atoms with E-state index in [1.165, 1.54) is 22.3 Å². The highest BCUT2D eigenvalue weighted by molar-refractivity contribution is 6.32. The van der Waals surface area contributed by atoms with Crippen molar-refractivity contribution in [1.29, 1.82) is 0 Å². The Morgan fingerprint density at radius 1 is 0.950 bits per heavy atom. The van der Waals surface area contributed by atoms with E-state index in [4.69, 9.17) is 17.3 Å². The van der Waals surface area contributed by atoms with E-state index < -0.39 is 0 Å². The van der Waals surface area contributed by atoms with Crippen LogP contribution in [-0.2, 0) is 0 Å². The summed E-state index contributed by atoms with van der Waals surface area (Å²) < 4.78 is 1.80. The summed E-state index contributed by atoms with van der Waals surface area (Å²) in [5.74, 6) is 0.503. The van der Waals surface area contributed by atoms with Gasteiger partial charge in [-0.1, -0.05) is 60.1 Å². The average molecular weight is 282 g/mol. The number of nitrogens with zero attached hydrogens (tertiary/aromatic N) is 2. The van der Waals surface area contributed by atoms with Crippen molar-refractivity contribution >= 4 is 17.4 Å². The molecule has 0 saturated heterocycles. The Bertz CT molecular complexity index is 761. The fraction of sp³-hybridized carbons (Fsp3) is 0.0625. The van der Waals surface area contributed by atoms with Crippen LogP contribution in [0.1, 0.15) is 17.2 Å². The van der Waals surface area contributed by atoms with Crippen LogP contribution in [0.4, 0.5) is 5.82 Å². The number of aromatic nitrogens is 2. The van der Waals surface area contributed by atoms with E-state index in [1.54, 1.807) is 10.9 Å². The smallest absolute Gasteiger partial charge is 0.141 e. The third-order valence-corrected chi connectivity index (χ3v) is 4.12. The third kappa shape index (κ3) is 1.44. The van der Waals surface area contributed by atoms with Gasteiger partial charge in [0.25, 0.3) is 0 Å². The van der Waals surface area contributed by atoms with E-state index in [1.807, 2.05) is 12.1 Å². The van der Waals surface area contributed by atoms with Crippen LogP contribution in [0, 0.1) is 0 Å². The Labute approximate surface area is 121 Å². The van der Waals surface area contributed by atoms with Gasteiger partial charge in [0.05, 0.1) is 6.20 Å². The van der Waals surface area contributed by atoms with Crippen molar-refractivity contribution in [2.24, 2.45) is 0 Å². The SMILES string of the molecule is Nc1c(Cl)cnn1C1c2ccccc2-c2ccccc21. The lowest BCUT2D eigenvalue weighted by molar-refractivity contribution is 0.615. The maximum atomic E-state index is 6.07. The molecule has 1 aromatic heterocycles. The molecule has 20 heavy (non-hydrogen) atoms. The topological polar surface area (TPSA) is 43.8 Å². The standard InChI is InChI=1S/C16H12ClN3/c17-14-9-19-20(16(14)18)15-12-7-3-1-5-10(12)11-6-2-4-8-13(11)15/h1-9,15H,18H2. The molecule has 0 aliphatic heterocycles. The molecular weight excluding hydrogens is 270 g/mol. The molecule has 2 N–H and O–H groups in total. The third-order valence-electron chi connectivity index (χ3n) is 3.83. The lowest BCUT2D eigenvalue weighted by atomic mass is 10.1. The van der Waals surface area contributed by atoms with E-state index in [0.29, 0.717) is 10.8 Å². The second-order valence-electron chi connectivity index (χ2n) is 4.90. The van der Waals surface area contributed by atoms with Crippen molar-refractivity contribution in [2.45, 2.75) is 6.04 Å². The van der Waals surface area contributed by atoms with Crippen LogP contribution in [0.5, 0.6) is 0 Å². The van der Waals surface area contributed by atoms with Gasteiger partial charge in [-0.05, 0) is 22.3 Å². The Morgan fingerprint density at radius 3 is 2.00 bits per heavy atom. The molecule has 0 spiro atoms. The Morgan fingerprint density at radius 2 is 1.50 bits per heavy atom. The molecule has 0 radical (unpaired) electrons. The number of hydrogen-bond donors (Lipinski definition) is 1. The summed E-state index contributed by atoms with van der Waals surface area (Å²) in [6, 6.07) is 16.7. The molecule has 1 aliphatic rings. The highest BCUT2D eigenvalue weighted by atomic mass is 35.5. The van der Waals surface area contributed by atoms with E-state index >= 15 is 0 Å². The molecule has 0 saturated carbocycles. The molecule has 4 heteroatoms. The van der Waals surface area contributed by atoms with Gasteiger partial charge >= 0.3 is 0 Å². The molecule has 2 aromatic carbocycles. The van der Waals surface area contributed by atoms with Gasteiger partial charge in [-0.3, -0.25) is 0 Å². The molecule has 1 aliphatic carbocycles. The maximum Gasteiger partial charge on any atom is 0.141 e. The molecule has 0 bridgehead atoms. The number of fused-ring (bicyclic) bond motifs is 3. The first-order chi connectivity index (χ1) is 9.77. The molecule has 0 unspecified atom stereocenters. The van der Waals surface area contributed by atoms with Crippen LogP contribution in [0.25, 0.3) is 11.1 Å². The molecular formula is C16H12ClN3. The molecule has 3 aromatic rings. The highest BCUT2D eigenvalue weighted by Crippen LogP contribution is 2.46. The Balaban J connectivity index is 2.03. The summed E-state index contributed by atoms with van der Waals surface area (Å²) >= 11 is 6.05. The average Bonchev–Trinajstić information content (AvgIpc) is 2.98. The van der Waals surface area contributed by atoms with Gasteiger partial charge in [0, 0.05) is 0 Å². The maximum absolute atomic E-state index is 6.07. The van der Waals surface area contributed by atoms with Gasteiger partial charge in [0.15, 0.2) is 0 Å². The number of rotatable bonds is 1. The molecule has 1 heterocycles. The number of hydrogen-bond acceptors (Lipinski definition) is 2. The van der Waals surface area contributed by atoms with Crippen molar-refractivity contribution in [3.8, 4) is 11.1 Å². The van der Waals surface area contributed by atoms with Gasteiger partial charge in [-0.2, -0.15) is 5.10 Å². The second-order valence-corrected chi connectivity index (χ2v) is 5.31. The van der Waals surface area contributed by atoms with Crippen molar-refractivity contribution in [3.05, 3.63) is 70.9 Å². The molecule has 98 valence electrons. The number of nitrogen functional groups attached to an aromatic ring is 1. The van der Waals surface area contributed by atoms with Crippen LogP contribution in [0.2, 0.25) is 5.02 Å². The van der Waals surface area contributed by atoms with Gasteiger partial charge in [0.2, 0.25) is 0 Å². The van der Waals surface area contributed by atoms with E-state index in [-0.39, 0.29) is 6.04 Å². The lowest BCUT2D eigenvalue weighted by Gasteiger charge is -2.15. The molecule has 0 fully saturated rings. The minimum absolute atomic E-state index is 0.00472. The number of nitrogens with two attached hydrogens (primary N) is 1. The summed E-state index contributed by atoms with van der Waals surface area (Å²) in [5.41, 5.74) is 11.0. The van der Waals surface area contributed by atoms with E-state index in [2.05, 4.69) is 41.5 Å². The predicted octanol–water partition coefficient (Wildman–Crippen LogP) is 3.74. The quantitative estimate of drug-likeness (QED) is 0.578. The second kappa shape index (κ2) is 4.12. The van der Waals surface area contributed by atoms with Gasteiger partial charge in [0.1, 0.15) is 16.9 Å². The van der Waals surface area contributed by atoms with Gasteiger partial charge in [-0.25, -0.2) is 4.68 Å². The monoisotopic (exact) mass is 281 g/mol. The summed E-state index contributed by atoms with van der Waals surface area (Å²) in [6.07, 6.45) is 1.60. The van der Waals surface area contributed by atoms with Gasteiger partial charge in [-0.15, -0.1) is 0 Å². The first kappa shape index (κ1) is 11.6. The van der Waals surface area contributed by atoms with Crippen LogP contribution in [0.15, 0.2) is 54.7 Å². The first-order valence-corrected chi connectivity index (χ1v) is 6.82. The van der Waals surface area contributed by atoms with Crippen molar-refractivity contribution < 1.29 is 0 Å². The first-order valence-electron chi connectivity index (χ1n) is 6.44. The summed E-state index contributed by atoms with van der Waals surface area (Å²) in [4.78, 5) is 0. The van der Waals surface area contributed by atoms with Crippen LogP contribution in [-0.4, -0.2) is 9.78 Å². The van der Waals surface area contributed by atoms with Crippen molar-refractivity contribution in [1.82, 2.24) is 9.78 Å². The number of benzene rings is 2. The summed E-state index contributed by atoms with van der Waals surface area (Å²) in [6.45, 7) is 0. The fourth-order valence-electron chi connectivity index (χ4n) is 2.95. The number of halogens is 1. The zero-order valence-corrected chi connectivity index (χ0v) is 11.4. The minimum atomic E-state index is -0.00472. The summed E-state index contributed by atoms with van der Waals surface area (Å²) in [7, 11) is 0. The number of anilines is 1. The van der Waals surface area contributed by atoms with E-state index in [0.717, 1.165) is 0 Å². The van der Waals surface area contributed by atoms with Crippen molar-refractivity contribution in [2.75, 3.05) is 5.73 Å². The van der Waals surface area contributed by atoms with Crippen LogP contribution < -0.4 is 5.73 Å². The normalized spacial score (nSPS) is 13.2. The molecule has 0 amide bonds. The Kier molecular flexibility index (Phi) is 2.38. The van der Waals surface area contributed by atoms with Crippen LogP contribution >= 0.6 is 11.6 Å². The molecule has 0 atom stereocenters. The lowest BCUT2D eigenvalue weighted by Crippen LogP contribution is -2.13. The predicted molar refractivity (Wildman–Crippen MR) is 80.8 cm³/mol. The summed E-state index contributed by atoms with van der Waals surface area (Å²) in [5, 5.41) is 4.85. The molecule has 4 rings (SSSR count). The highest BCUT2D eigenvalue weighted by Gasteiger charge is 2.31. The van der Waals surface area contributed by atoms with E-state index in [9.17, 15) is 0 Å². The van der Waals surface area contributed by atoms with Crippen LogP contribution in [0.3, 0.4) is 0 Å². The molecule has 3 nitrogen and oxygen atoms in total. The van der Waals surface area contributed by atoms with Crippen molar-refractivity contribution in [3.63, 3.8) is 0 Å². The fourth-order valence-corrected chi connectivity index (χ4v) is 3.08.